The molecule has 1 amide bonds. The molecule has 0 bridgehead atoms. The van der Waals surface area contributed by atoms with E-state index in [-0.39, 0.29) is 11.4 Å². The van der Waals surface area contributed by atoms with E-state index >= 15 is 0 Å². The van der Waals surface area contributed by atoms with Crippen LogP contribution in [0.2, 0.25) is 0 Å². The second-order valence-corrected chi connectivity index (χ2v) is 4.78. The number of carbonyl (C=O) groups is 1. The van der Waals surface area contributed by atoms with Gasteiger partial charge in [-0.05, 0) is 30.7 Å². The lowest BCUT2D eigenvalue weighted by Crippen LogP contribution is -2.15. The fraction of sp³-hybridized carbons (Fsp3) is 0.250. The monoisotopic (exact) mass is 321 g/mol. The maximum Gasteiger partial charge on any atom is 0.274 e. The summed E-state index contributed by atoms with van der Waals surface area (Å²) < 4.78 is 31.3. The highest BCUT2D eigenvalue weighted by atomic mass is 19.1. The van der Waals surface area contributed by atoms with Gasteiger partial charge < -0.3 is 15.4 Å². The summed E-state index contributed by atoms with van der Waals surface area (Å²) in [5, 5.41) is 5.49. The molecular weight excluding hydrogens is 304 g/mol. The number of pyridine rings is 1. The van der Waals surface area contributed by atoms with Gasteiger partial charge in [0, 0.05) is 26.3 Å². The van der Waals surface area contributed by atoms with E-state index in [9.17, 15) is 13.6 Å². The predicted molar refractivity (Wildman–Crippen MR) is 83.5 cm³/mol. The number of methoxy groups -OCH3 is 1. The van der Waals surface area contributed by atoms with Gasteiger partial charge in [-0.15, -0.1) is 0 Å². The van der Waals surface area contributed by atoms with E-state index in [1.807, 2.05) is 0 Å². The van der Waals surface area contributed by atoms with E-state index in [0.717, 1.165) is 30.8 Å². The first kappa shape index (κ1) is 16.8. The maximum atomic E-state index is 13.5. The van der Waals surface area contributed by atoms with Crippen molar-refractivity contribution in [1.82, 2.24) is 4.98 Å². The van der Waals surface area contributed by atoms with E-state index in [0.29, 0.717) is 12.7 Å². The summed E-state index contributed by atoms with van der Waals surface area (Å²) in [4.78, 5) is 16.0. The molecular formula is C16H17F2N3O2. The molecule has 0 radical (unpaired) electrons. The number of benzene rings is 1. The third kappa shape index (κ3) is 5.00. The molecule has 2 rings (SSSR count). The van der Waals surface area contributed by atoms with Crippen LogP contribution in [0.25, 0.3) is 0 Å². The van der Waals surface area contributed by atoms with Crippen molar-refractivity contribution >= 4 is 17.3 Å². The molecule has 0 saturated heterocycles. The number of anilines is 2. The number of aromatic nitrogens is 1. The van der Waals surface area contributed by atoms with Crippen LogP contribution in [0.3, 0.4) is 0 Å². The lowest BCUT2D eigenvalue weighted by Gasteiger charge is -2.08. The zero-order valence-electron chi connectivity index (χ0n) is 12.6. The Bertz CT molecular complexity index is 663. The third-order valence-electron chi connectivity index (χ3n) is 3.03. The Balaban J connectivity index is 1.94. The van der Waals surface area contributed by atoms with Crippen LogP contribution >= 0.6 is 0 Å². The van der Waals surface area contributed by atoms with Crippen LogP contribution in [0.5, 0.6) is 0 Å². The molecule has 2 N–H and O–H groups in total. The summed E-state index contributed by atoms with van der Waals surface area (Å²) in [5.41, 5.74) is 0.807. The standard InChI is InChI=1S/C16H17F2N3O2/c1-23-8-2-7-19-12-4-6-15(20-10-12)16(22)21-14-5-3-11(17)9-13(14)18/h3-6,9-10,19H,2,7-8H2,1H3,(H,21,22). The molecule has 122 valence electrons. The molecule has 0 saturated carbocycles. The van der Waals surface area contributed by atoms with E-state index in [4.69, 9.17) is 4.74 Å². The molecule has 1 aromatic carbocycles. The molecule has 0 spiro atoms. The largest absolute Gasteiger partial charge is 0.385 e. The Morgan fingerprint density at radius 1 is 1.26 bits per heavy atom. The highest BCUT2D eigenvalue weighted by Crippen LogP contribution is 2.16. The fourth-order valence-corrected chi connectivity index (χ4v) is 1.86. The van der Waals surface area contributed by atoms with Crippen molar-refractivity contribution < 1.29 is 18.3 Å². The van der Waals surface area contributed by atoms with Crippen molar-refractivity contribution in [2.24, 2.45) is 0 Å². The molecule has 0 atom stereocenters. The average molecular weight is 321 g/mol. The molecule has 0 aliphatic rings. The van der Waals surface area contributed by atoms with Gasteiger partial charge in [-0.1, -0.05) is 0 Å². The van der Waals surface area contributed by atoms with E-state index in [1.165, 1.54) is 12.3 Å². The first-order chi connectivity index (χ1) is 11.1. The van der Waals surface area contributed by atoms with Gasteiger partial charge in [-0.25, -0.2) is 13.8 Å². The van der Waals surface area contributed by atoms with E-state index in [1.54, 1.807) is 13.2 Å². The summed E-state index contributed by atoms with van der Waals surface area (Å²) in [6.07, 6.45) is 2.37. The maximum absolute atomic E-state index is 13.5. The summed E-state index contributed by atoms with van der Waals surface area (Å²) in [6.45, 7) is 1.38. The number of hydrogen-bond donors (Lipinski definition) is 2. The zero-order chi connectivity index (χ0) is 16.7. The number of hydrogen-bond acceptors (Lipinski definition) is 4. The number of ether oxygens (including phenoxy) is 1. The summed E-state index contributed by atoms with van der Waals surface area (Å²) in [7, 11) is 1.64. The van der Waals surface area contributed by atoms with Gasteiger partial charge in [0.1, 0.15) is 17.3 Å². The van der Waals surface area contributed by atoms with Crippen molar-refractivity contribution in [2.45, 2.75) is 6.42 Å². The first-order valence-corrected chi connectivity index (χ1v) is 7.05. The van der Waals surface area contributed by atoms with Crippen molar-refractivity contribution in [3.63, 3.8) is 0 Å². The summed E-state index contributed by atoms with van der Waals surface area (Å²) >= 11 is 0. The van der Waals surface area contributed by atoms with Gasteiger partial charge in [-0.2, -0.15) is 0 Å². The van der Waals surface area contributed by atoms with Gasteiger partial charge in [0.2, 0.25) is 0 Å². The molecule has 0 aliphatic carbocycles. The highest BCUT2D eigenvalue weighted by molar-refractivity contribution is 6.03. The molecule has 0 aliphatic heterocycles. The normalized spacial score (nSPS) is 10.4. The second kappa shape index (κ2) is 8.19. The zero-order valence-corrected chi connectivity index (χ0v) is 12.6. The number of rotatable bonds is 7. The number of nitrogens with one attached hydrogen (secondary N) is 2. The minimum atomic E-state index is -0.838. The van der Waals surface area contributed by atoms with Gasteiger partial charge in [0.05, 0.1) is 17.6 Å². The number of amides is 1. The minimum Gasteiger partial charge on any atom is -0.385 e. The summed E-state index contributed by atoms with van der Waals surface area (Å²) in [5.74, 6) is -2.11. The molecule has 0 fully saturated rings. The van der Waals surface area contributed by atoms with Gasteiger partial charge >= 0.3 is 0 Å². The van der Waals surface area contributed by atoms with Crippen LogP contribution in [-0.4, -0.2) is 31.2 Å². The van der Waals surface area contributed by atoms with E-state index < -0.39 is 17.5 Å². The number of carbonyl (C=O) groups excluding carboxylic acids is 1. The Labute approximate surface area is 132 Å². The lowest BCUT2D eigenvalue weighted by molar-refractivity contribution is 0.102. The van der Waals surface area contributed by atoms with Crippen LogP contribution < -0.4 is 10.6 Å². The number of nitrogens with zero attached hydrogens (tertiary/aromatic N) is 1. The smallest absolute Gasteiger partial charge is 0.274 e. The van der Waals surface area contributed by atoms with Crippen LogP contribution in [0.15, 0.2) is 36.5 Å². The van der Waals surface area contributed by atoms with Crippen LogP contribution in [-0.2, 0) is 4.74 Å². The molecule has 1 heterocycles. The van der Waals surface area contributed by atoms with Gasteiger partial charge in [-0.3, -0.25) is 4.79 Å². The van der Waals surface area contributed by atoms with Crippen molar-refractivity contribution in [3.05, 3.63) is 53.9 Å². The van der Waals surface area contributed by atoms with Crippen LogP contribution in [0, 0.1) is 11.6 Å². The Hall–Kier alpha value is -2.54. The molecule has 0 unspecified atom stereocenters. The molecule has 23 heavy (non-hydrogen) atoms. The fourth-order valence-electron chi connectivity index (χ4n) is 1.86. The summed E-state index contributed by atoms with van der Waals surface area (Å²) in [6, 6.07) is 6.16. The predicted octanol–water partition coefficient (Wildman–Crippen LogP) is 3.06. The Morgan fingerprint density at radius 3 is 2.74 bits per heavy atom. The quantitative estimate of drug-likeness (QED) is 0.769. The Kier molecular flexibility index (Phi) is 5.99. The third-order valence-corrected chi connectivity index (χ3v) is 3.03. The van der Waals surface area contributed by atoms with Crippen LogP contribution in [0.4, 0.5) is 20.2 Å². The second-order valence-electron chi connectivity index (χ2n) is 4.78. The van der Waals surface area contributed by atoms with Gasteiger partial charge in [0.15, 0.2) is 0 Å². The highest BCUT2D eigenvalue weighted by Gasteiger charge is 2.11. The molecule has 7 heteroatoms. The molecule has 1 aromatic heterocycles. The van der Waals surface area contributed by atoms with E-state index in [2.05, 4.69) is 15.6 Å². The van der Waals surface area contributed by atoms with Crippen molar-refractivity contribution in [2.75, 3.05) is 30.9 Å². The first-order valence-electron chi connectivity index (χ1n) is 7.05. The SMILES string of the molecule is COCCCNc1ccc(C(=O)Nc2ccc(F)cc2F)nc1. The Morgan fingerprint density at radius 2 is 2.09 bits per heavy atom. The minimum absolute atomic E-state index is 0.0973. The van der Waals surface area contributed by atoms with Crippen LogP contribution in [0.1, 0.15) is 16.9 Å². The van der Waals surface area contributed by atoms with Gasteiger partial charge in [0.25, 0.3) is 5.91 Å². The molecule has 5 nitrogen and oxygen atoms in total. The topological polar surface area (TPSA) is 63.2 Å². The molecule has 2 aromatic rings. The average Bonchev–Trinajstić information content (AvgIpc) is 2.55. The lowest BCUT2D eigenvalue weighted by atomic mass is 10.2. The number of halogens is 2. The van der Waals surface area contributed by atoms with Crippen molar-refractivity contribution in [1.29, 1.82) is 0 Å². The van der Waals surface area contributed by atoms with Crippen molar-refractivity contribution in [3.8, 4) is 0 Å².